The van der Waals surface area contributed by atoms with Gasteiger partial charge in [0.15, 0.2) is 18.0 Å². The van der Waals surface area contributed by atoms with E-state index in [0.717, 1.165) is 16.3 Å². The zero-order valence-electron chi connectivity index (χ0n) is 19.2. The van der Waals surface area contributed by atoms with Gasteiger partial charge in [-0.05, 0) is 57.2 Å². The molecular formula is C25H23N3O5S. The topological polar surface area (TPSA) is 89.0 Å². The number of likely N-dealkylation sites (N-methyl/N-ethyl adjacent to an activating group) is 1. The first-order valence-electron chi connectivity index (χ1n) is 10.9. The first-order valence-corrected chi connectivity index (χ1v) is 11.8. The van der Waals surface area contributed by atoms with Crippen molar-refractivity contribution in [3.05, 3.63) is 52.3 Å². The molecular weight excluding hydrogens is 454 g/mol. The highest BCUT2D eigenvalue weighted by atomic mass is 32.1. The maximum Gasteiger partial charge on any atom is 0.268 e. The van der Waals surface area contributed by atoms with Crippen molar-refractivity contribution in [3.63, 3.8) is 0 Å². The number of hydrogen-bond acceptors (Lipinski definition) is 7. The first kappa shape index (κ1) is 22.1. The number of aromatic nitrogens is 1. The number of fused-ring (bicyclic) bond motifs is 2. The summed E-state index contributed by atoms with van der Waals surface area (Å²) in [7, 11) is 1.65. The Kier molecular flexibility index (Phi) is 5.36. The Hall–Kier alpha value is -3.72. The van der Waals surface area contributed by atoms with Crippen LogP contribution in [0.15, 0.2) is 41.8 Å². The molecule has 0 saturated carbocycles. The number of hydrogen-bond donors (Lipinski definition) is 0. The van der Waals surface area contributed by atoms with E-state index in [1.54, 1.807) is 56.5 Å². The minimum absolute atomic E-state index is 0.160. The van der Waals surface area contributed by atoms with Crippen molar-refractivity contribution in [2.45, 2.75) is 33.0 Å². The van der Waals surface area contributed by atoms with Gasteiger partial charge in [0.2, 0.25) is 0 Å². The van der Waals surface area contributed by atoms with Gasteiger partial charge in [0.05, 0.1) is 28.6 Å². The summed E-state index contributed by atoms with van der Waals surface area (Å²) < 4.78 is 11.4. The van der Waals surface area contributed by atoms with Crippen LogP contribution in [0.3, 0.4) is 0 Å². The molecule has 2 aromatic carbocycles. The molecule has 2 amide bonds. The average molecular weight is 478 g/mol. The molecule has 2 unspecified atom stereocenters. The van der Waals surface area contributed by atoms with Crippen molar-refractivity contribution in [3.8, 4) is 22.8 Å². The number of benzene rings is 2. The Morgan fingerprint density at radius 3 is 2.38 bits per heavy atom. The largest absolute Gasteiger partial charge is 0.479 e. The van der Waals surface area contributed by atoms with Gasteiger partial charge in [-0.25, -0.2) is 4.98 Å². The SMILES string of the molecule is Cc1nc(-c2ccc3c(c2)N(CC(=O)c2ccc4c(c2)N(C)C(=O)C(C)O4)C(=O)C(C)O3)cs1. The quantitative estimate of drug-likeness (QED) is 0.530. The summed E-state index contributed by atoms with van der Waals surface area (Å²) in [6, 6.07) is 10.5. The van der Waals surface area contributed by atoms with E-state index in [1.165, 1.54) is 9.80 Å². The molecule has 3 heterocycles. The monoisotopic (exact) mass is 477 g/mol. The molecule has 8 nitrogen and oxygen atoms in total. The minimum Gasteiger partial charge on any atom is -0.479 e. The molecule has 9 heteroatoms. The Morgan fingerprint density at radius 1 is 1.00 bits per heavy atom. The first-order chi connectivity index (χ1) is 16.2. The van der Waals surface area contributed by atoms with E-state index in [-0.39, 0.29) is 24.1 Å². The lowest BCUT2D eigenvalue weighted by Crippen LogP contribution is -2.46. The van der Waals surface area contributed by atoms with Gasteiger partial charge in [0.25, 0.3) is 11.8 Å². The van der Waals surface area contributed by atoms with Gasteiger partial charge in [-0.3, -0.25) is 19.3 Å². The predicted octanol–water partition coefficient (Wildman–Crippen LogP) is 3.86. The van der Waals surface area contributed by atoms with Crippen LogP contribution in [0.25, 0.3) is 11.3 Å². The summed E-state index contributed by atoms with van der Waals surface area (Å²) in [5.74, 6) is 0.331. The summed E-state index contributed by atoms with van der Waals surface area (Å²) in [4.78, 5) is 46.1. The molecule has 1 aromatic heterocycles. The van der Waals surface area contributed by atoms with Gasteiger partial charge >= 0.3 is 0 Å². The number of thiazole rings is 1. The fraction of sp³-hybridized carbons (Fsp3) is 0.280. The Balaban J connectivity index is 1.47. The fourth-order valence-corrected chi connectivity index (χ4v) is 4.77. The van der Waals surface area contributed by atoms with E-state index >= 15 is 0 Å². The lowest BCUT2D eigenvalue weighted by Gasteiger charge is -2.33. The van der Waals surface area contributed by atoms with E-state index in [1.807, 2.05) is 24.4 Å². The Bertz CT molecular complexity index is 1330. The van der Waals surface area contributed by atoms with Crippen molar-refractivity contribution in [1.29, 1.82) is 0 Å². The minimum atomic E-state index is -0.713. The summed E-state index contributed by atoms with van der Waals surface area (Å²) in [6.07, 6.45) is -1.30. The zero-order chi connectivity index (χ0) is 24.1. The number of aryl methyl sites for hydroxylation is 1. The fourth-order valence-electron chi connectivity index (χ4n) is 4.15. The van der Waals surface area contributed by atoms with Gasteiger partial charge in [0.1, 0.15) is 11.5 Å². The molecule has 2 aliphatic heterocycles. The third-order valence-electron chi connectivity index (χ3n) is 6.01. The molecule has 0 bridgehead atoms. The third kappa shape index (κ3) is 3.71. The van der Waals surface area contributed by atoms with Crippen LogP contribution < -0.4 is 19.3 Å². The van der Waals surface area contributed by atoms with E-state index in [4.69, 9.17) is 9.47 Å². The maximum atomic E-state index is 13.3. The second-order valence-electron chi connectivity index (χ2n) is 8.38. The molecule has 3 aromatic rings. The maximum absolute atomic E-state index is 13.3. The molecule has 2 aliphatic rings. The molecule has 174 valence electrons. The predicted molar refractivity (Wildman–Crippen MR) is 129 cm³/mol. The normalized spacial score (nSPS) is 19.3. The molecule has 0 radical (unpaired) electrons. The zero-order valence-corrected chi connectivity index (χ0v) is 20.0. The summed E-state index contributed by atoms with van der Waals surface area (Å²) in [5.41, 5.74) is 3.08. The van der Waals surface area contributed by atoms with Crippen LogP contribution in [0, 0.1) is 6.92 Å². The second kappa shape index (κ2) is 8.25. The summed E-state index contributed by atoms with van der Waals surface area (Å²) in [6.45, 7) is 5.12. The van der Waals surface area contributed by atoms with E-state index < -0.39 is 12.2 Å². The van der Waals surface area contributed by atoms with Gasteiger partial charge in [-0.1, -0.05) is 0 Å². The highest BCUT2D eigenvalue weighted by Crippen LogP contribution is 2.38. The molecule has 0 spiro atoms. The second-order valence-corrected chi connectivity index (χ2v) is 9.44. The highest BCUT2D eigenvalue weighted by molar-refractivity contribution is 7.09. The lowest BCUT2D eigenvalue weighted by atomic mass is 10.0. The lowest BCUT2D eigenvalue weighted by molar-refractivity contribution is -0.125. The standard InChI is InChI=1S/C25H23N3O5S/c1-13-24(30)27(4)19-10-17(6-8-22(19)32-13)21(29)11-28-20-9-16(18-12-34-15(3)26-18)5-7-23(20)33-14(2)25(28)31/h5-10,12-14H,11H2,1-4H3. The number of Topliss-reactive ketones (excluding diaryl/α,β-unsaturated/α-hetero) is 1. The van der Waals surface area contributed by atoms with Crippen LogP contribution in [0.2, 0.25) is 0 Å². The van der Waals surface area contributed by atoms with Crippen LogP contribution in [-0.4, -0.2) is 48.4 Å². The Morgan fingerprint density at radius 2 is 1.68 bits per heavy atom. The van der Waals surface area contributed by atoms with Crippen LogP contribution in [0.1, 0.15) is 29.2 Å². The average Bonchev–Trinajstić information content (AvgIpc) is 3.26. The number of nitrogens with zero attached hydrogens (tertiary/aromatic N) is 3. The number of amides is 2. The van der Waals surface area contributed by atoms with Gasteiger partial charge < -0.3 is 14.4 Å². The van der Waals surface area contributed by atoms with E-state index in [9.17, 15) is 14.4 Å². The number of ketones is 1. The molecule has 34 heavy (non-hydrogen) atoms. The Labute approximate surface area is 200 Å². The molecule has 2 atom stereocenters. The number of carbonyl (C=O) groups is 3. The van der Waals surface area contributed by atoms with Crippen LogP contribution in [0.4, 0.5) is 11.4 Å². The molecule has 0 N–H and O–H groups in total. The highest BCUT2D eigenvalue weighted by Gasteiger charge is 2.34. The number of rotatable bonds is 4. The van der Waals surface area contributed by atoms with Gasteiger partial charge in [0, 0.05) is 23.6 Å². The van der Waals surface area contributed by atoms with Gasteiger partial charge in [-0.2, -0.15) is 0 Å². The van der Waals surface area contributed by atoms with Crippen LogP contribution in [-0.2, 0) is 9.59 Å². The van der Waals surface area contributed by atoms with Crippen LogP contribution >= 0.6 is 11.3 Å². The summed E-state index contributed by atoms with van der Waals surface area (Å²) >= 11 is 1.54. The molecule has 0 aliphatic carbocycles. The smallest absolute Gasteiger partial charge is 0.268 e. The van der Waals surface area contributed by atoms with Gasteiger partial charge in [-0.15, -0.1) is 11.3 Å². The van der Waals surface area contributed by atoms with Crippen molar-refractivity contribution < 1.29 is 23.9 Å². The summed E-state index contributed by atoms with van der Waals surface area (Å²) in [5, 5.41) is 2.89. The molecule has 0 fully saturated rings. The van der Waals surface area contributed by atoms with Crippen molar-refractivity contribution in [2.24, 2.45) is 0 Å². The van der Waals surface area contributed by atoms with Crippen molar-refractivity contribution in [2.75, 3.05) is 23.4 Å². The van der Waals surface area contributed by atoms with Crippen molar-refractivity contribution in [1.82, 2.24) is 4.98 Å². The third-order valence-corrected chi connectivity index (χ3v) is 6.78. The van der Waals surface area contributed by atoms with Crippen LogP contribution in [0.5, 0.6) is 11.5 Å². The molecule has 0 saturated heterocycles. The van der Waals surface area contributed by atoms with Crippen molar-refractivity contribution >= 4 is 40.3 Å². The number of ether oxygens (including phenoxy) is 2. The molecule has 5 rings (SSSR count). The van der Waals surface area contributed by atoms with E-state index in [0.29, 0.717) is 28.4 Å². The number of carbonyl (C=O) groups excluding carboxylic acids is 3. The van der Waals surface area contributed by atoms with E-state index in [2.05, 4.69) is 4.98 Å². The number of anilines is 2.